The van der Waals surface area contributed by atoms with Crippen LogP contribution < -0.4 is 10.0 Å². The molecule has 3 aromatic rings. The van der Waals surface area contributed by atoms with Crippen LogP contribution >= 0.6 is 0 Å². The van der Waals surface area contributed by atoms with Crippen molar-refractivity contribution in [3.8, 4) is 0 Å². The van der Waals surface area contributed by atoms with Crippen LogP contribution in [0.25, 0.3) is 0 Å². The minimum atomic E-state index is -3.79. The molecular weight excluding hydrogens is 384 g/mol. The van der Waals surface area contributed by atoms with Gasteiger partial charge in [0.25, 0.3) is 15.9 Å². The Hall–Kier alpha value is -3.12. The molecular formula is C23H24N2O3S. The van der Waals surface area contributed by atoms with E-state index >= 15 is 0 Å². The molecule has 1 atom stereocenters. The van der Waals surface area contributed by atoms with Gasteiger partial charge >= 0.3 is 0 Å². The monoisotopic (exact) mass is 408 g/mol. The summed E-state index contributed by atoms with van der Waals surface area (Å²) in [4.78, 5) is 13.1. The highest BCUT2D eigenvalue weighted by Crippen LogP contribution is 2.23. The highest BCUT2D eigenvalue weighted by Gasteiger charge is 2.20. The van der Waals surface area contributed by atoms with Gasteiger partial charge in [0.15, 0.2) is 0 Å². The highest BCUT2D eigenvalue weighted by atomic mass is 32.2. The first-order chi connectivity index (χ1) is 13.8. The number of nitrogens with one attached hydrogen (secondary N) is 2. The molecule has 29 heavy (non-hydrogen) atoms. The third-order valence-electron chi connectivity index (χ3n) is 4.72. The first-order valence-electron chi connectivity index (χ1n) is 9.33. The van der Waals surface area contributed by atoms with E-state index in [0.717, 1.165) is 16.7 Å². The molecule has 0 heterocycles. The van der Waals surface area contributed by atoms with E-state index in [9.17, 15) is 13.2 Å². The predicted octanol–water partition coefficient (Wildman–Crippen LogP) is 4.60. The standard InChI is InChI=1S/C23H24N2O3S/c1-16-13-14-17(2)21(15-16)18(3)24-23(26)20-11-7-8-12-22(20)25-29(27,28)19-9-5-4-6-10-19/h4-15,18,25H,1-3H3,(H,24,26)/t18-/m1/s1. The molecule has 2 N–H and O–H groups in total. The average molecular weight is 409 g/mol. The summed E-state index contributed by atoms with van der Waals surface area (Å²) in [7, 11) is -3.79. The Morgan fingerprint density at radius 1 is 0.897 bits per heavy atom. The van der Waals surface area contributed by atoms with Crippen LogP contribution in [0.3, 0.4) is 0 Å². The lowest BCUT2D eigenvalue weighted by molar-refractivity contribution is 0.0940. The number of amides is 1. The summed E-state index contributed by atoms with van der Waals surface area (Å²) < 4.78 is 27.8. The fraction of sp³-hybridized carbons (Fsp3) is 0.174. The fourth-order valence-electron chi connectivity index (χ4n) is 3.15. The van der Waals surface area contributed by atoms with Crippen LogP contribution in [0.4, 0.5) is 5.69 Å². The molecule has 0 bridgehead atoms. The van der Waals surface area contributed by atoms with E-state index in [-0.39, 0.29) is 28.1 Å². The number of carbonyl (C=O) groups is 1. The first kappa shape index (κ1) is 20.6. The molecule has 0 aromatic heterocycles. The lowest BCUT2D eigenvalue weighted by atomic mass is 9.99. The van der Waals surface area contributed by atoms with Crippen LogP contribution in [0, 0.1) is 13.8 Å². The maximum atomic E-state index is 12.9. The highest BCUT2D eigenvalue weighted by molar-refractivity contribution is 7.92. The van der Waals surface area contributed by atoms with Crippen molar-refractivity contribution in [1.82, 2.24) is 5.32 Å². The molecule has 150 valence electrons. The average Bonchev–Trinajstić information content (AvgIpc) is 2.70. The molecule has 0 aliphatic heterocycles. The Balaban J connectivity index is 1.85. The van der Waals surface area contributed by atoms with Gasteiger partial charge in [-0.15, -0.1) is 0 Å². The SMILES string of the molecule is Cc1ccc(C)c([C@@H](C)NC(=O)c2ccccc2NS(=O)(=O)c2ccccc2)c1. The Morgan fingerprint density at radius 2 is 1.55 bits per heavy atom. The Morgan fingerprint density at radius 3 is 2.28 bits per heavy atom. The summed E-state index contributed by atoms with van der Waals surface area (Å²) in [5, 5.41) is 2.97. The minimum Gasteiger partial charge on any atom is -0.345 e. The van der Waals surface area contributed by atoms with Crippen LogP contribution in [0.5, 0.6) is 0 Å². The zero-order valence-corrected chi connectivity index (χ0v) is 17.5. The van der Waals surface area contributed by atoms with E-state index in [0.29, 0.717) is 0 Å². The first-order valence-corrected chi connectivity index (χ1v) is 10.8. The smallest absolute Gasteiger partial charge is 0.261 e. The Bertz CT molecular complexity index is 1130. The third-order valence-corrected chi connectivity index (χ3v) is 6.10. The quantitative estimate of drug-likeness (QED) is 0.626. The molecule has 0 spiro atoms. The van der Waals surface area contributed by atoms with Crippen LogP contribution in [0.15, 0.2) is 77.7 Å². The number of hydrogen-bond donors (Lipinski definition) is 2. The number of benzene rings is 3. The third kappa shape index (κ3) is 4.84. The van der Waals surface area contributed by atoms with Gasteiger partial charge in [-0.3, -0.25) is 9.52 Å². The maximum Gasteiger partial charge on any atom is 0.261 e. The lowest BCUT2D eigenvalue weighted by Gasteiger charge is -2.19. The van der Waals surface area contributed by atoms with Crippen molar-refractivity contribution >= 4 is 21.6 Å². The van der Waals surface area contributed by atoms with Crippen LogP contribution in [-0.4, -0.2) is 14.3 Å². The largest absolute Gasteiger partial charge is 0.345 e. The Labute approximate surface area is 171 Å². The van der Waals surface area contributed by atoms with Gasteiger partial charge < -0.3 is 5.32 Å². The molecule has 3 aromatic carbocycles. The normalized spacial score (nSPS) is 12.2. The number of rotatable bonds is 6. The molecule has 0 fully saturated rings. The predicted molar refractivity (Wildman–Crippen MR) is 115 cm³/mol. The van der Waals surface area contributed by atoms with Crippen LogP contribution in [0.1, 0.15) is 40.0 Å². The van der Waals surface area contributed by atoms with E-state index in [1.807, 2.05) is 39.0 Å². The van der Waals surface area contributed by atoms with Crippen LogP contribution in [-0.2, 0) is 10.0 Å². The van der Waals surface area contributed by atoms with Crippen molar-refractivity contribution in [1.29, 1.82) is 0 Å². The topological polar surface area (TPSA) is 75.3 Å². The summed E-state index contributed by atoms with van der Waals surface area (Å²) in [6.07, 6.45) is 0. The molecule has 0 saturated carbocycles. The molecule has 0 radical (unpaired) electrons. The van der Waals surface area contributed by atoms with Gasteiger partial charge in [0.05, 0.1) is 22.2 Å². The fourth-order valence-corrected chi connectivity index (χ4v) is 4.25. The second-order valence-electron chi connectivity index (χ2n) is 7.02. The molecule has 6 heteroatoms. The number of aryl methyl sites for hydroxylation is 2. The van der Waals surface area contributed by atoms with Gasteiger partial charge in [0.1, 0.15) is 0 Å². The second kappa shape index (κ2) is 8.49. The van der Waals surface area contributed by atoms with Gasteiger partial charge in [-0.2, -0.15) is 0 Å². The molecule has 0 saturated heterocycles. The van der Waals surface area contributed by atoms with Crippen molar-refractivity contribution < 1.29 is 13.2 Å². The van der Waals surface area contributed by atoms with Gasteiger partial charge in [-0.25, -0.2) is 8.42 Å². The van der Waals surface area contributed by atoms with E-state index < -0.39 is 10.0 Å². The van der Waals surface area contributed by atoms with Gasteiger partial charge in [-0.05, 0) is 56.2 Å². The number of para-hydroxylation sites is 1. The van der Waals surface area contributed by atoms with Crippen molar-refractivity contribution in [2.75, 3.05) is 4.72 Å². The maximum absolute atomic E-state index is 12.9. The molecule has 0 unspecified atom stereocenters. The van der Waals surface area contributed by atoms with Crippen molar-refractivity contribution in [3.05, 3.63) is 95.1 Å². The number of anilines is 1. The molecule has 0 aliphatic rings. The summed E-state index contributed by atoms with van der Waals surface area (Å²) in [6, 6.07) is 20.5. The van der Waals surface area contributed by atoms with Gasteiger partial charge in [0, 0.05) is 0 Å². The second-order valence-corrected chi connectivity index (χ2v) is 8.70. The van der Waals surface area contributed by atoms with Crippen molar-refractivity contribution in [2.24, 2.45) is 0 Å². The van der Waals surface area contributed by atoms with E-state index in [4.69, 9.17) is 0 Å². The summed E-state index contributed by atoms with van der Waals surface area (Å²) in [5.41, 5.74) is 3.73. The van der Waals surface area contributed by atoms with Gasteiger partial charge in [0.2, 0.25) is 0 Å². The summed E-state index contributed by atoms with van der Waals surface area (Å²) >= 11 is 0. The molecule has 5 nitrogen and oxygen atoms in total. The van der Waals surface area contributed by atoms with Crippen molar-refractivity contribution in [3.63, 3.8) is 0 Å². The number of hydrogen-bond acceptors (Lipinski definition) is 3. The minimum absolute atomic E-state index is 0.138. The lowest BCUT2D eigenvalue weighted by Crippen LogP contribution is -2.28. The summed E-state index contributed by atoms with van der Waals surface area (Å²) in [5.74, 6) is -0.343. The van der Waals surface area contributed by atoms with E-state index in [1.165, 1.54) is 12.1 Å². The van der Waals surface area contributed by atoms with E-state index in [2.05, 4.69) is 10.0 Å². The number of sulfonamides is 1. The Kier molecular flexibility index (Phi) is 6.03. The molecule has 0 aliphatic carbocycles. The van der Waals surface area contributed by atoms with Gasteiger partial charge in [-0.1, -0.05) is 54.1 Å². The van der Waals surface area contributed by atoms with E-state index in [1.54, 1.807) is 42.5 Å². The molecule has 3 rings (SSSR count). The van der Waals surface area contributed by atoms with Crippen LogP contribution in [0.2, 0.25) is 0 Å². The zero-order valence-electron chi connectivity index (χ0n) is 16.6. The zero-order chi connectivity index (χ0) is 21.0. The van der Waals surface area contributed by atoms with Crippen molar-refractivity contribution in [2.45, 2.75) is 31.7 Å². The number of carbonyl (C=O) groups excluding carboxylic acids is 1. The summed E-state index contributed by atoms with van der Waals surface area (Å²) in [6.45, 7) is 5.92. The molecule has 1 amide bonds.